The second-order valence-electron chi connectivity index (χ2n) is 5.72. The van der Waals surface area contributed by atoms with Crippen LogP contribution in [-0.2, 0) is 24.7 Å². The number of carboxylic acid groups (broad SMARTS) is 1. The maximum absolute atomic E-state index is 12.6. The number of hydrogen-bond donors (Lipinski definition) is 2. The standard InChI is InChI=1S/C13H11Cl4NO7S2/c14-8-2-1-6(12(20)21)3-10(8)27(24,25)18-9-5-26(22,23)4-7(9)11(19)13(15,16)17/h1-3,7,9,18H,4-5H2,(H,20,21)/t7-,9+/m1/s1. The van der Waals surface area contributed by atoms with Gasteiger partial charge < -0.3 is 5.11 Å². The molecule has 1 aromatic rings. The summed E-state index contributed by atoms with van der Waals surface area (Å²) in [7, 11) is -8.27. The first-order chi connectivity index (χ1) is 12.1. The van der Waals surface area contributed by atoms with Crippen LogP contribution >= 0.6 is 46.4 Å². The molecular formula is C13H11Cl4NO7S2. The molecule has 0 unspecified atom stereocenters. The zero-order valence-corrected chi connectivity index (χ0v) is 17.7. The van der Waals surface area contributed by atoms with Crippen molar-refractivity contribution in [2.45, 2.75) is 14.7 Å². The Hall–Kier alpha value is -0.620. The fraction of sp³-hybridized carbons (Fsp3) is 0.385. The topological polar surface area (TPSA) is 135 Å². The summed E-state index contributed by atoms with van der Waals surface area (Å²) in [5.41, 5.74) is -0.354. The largest absolute Gasteiger partial charge is 0.478 e. The fourth-order valence-corrected chi connectivity index (χ4v) is 6.80. The molecule has 2 N–H and O–H groups in total. The molecule has 8 nitrogen and oxygen atoms in total. The van der Waals surface area contributed by atoms with Crippen molar-refractivity contribution < 1.29 is 31.5 Å². The van der Waals surface area contributed by atoms with E-state index in [1.165, 1.54) is 0 Å². The van der Waals surface area contributed by atoms with E-state index < -0.39 is 63.8 Å². The van der Waals surface area contributed by atoms with Crippen molar-refractivity contribution in [1.29, 1.82) is 0 Å². The van der Waals surface area contributed by atoms with Crippen LogP contribution in [0.1, 0.15) is 10.4 Å². The number of aromatic carboxylic acids is 1. The molecule has 1 aliphatic rings. The number of sulfone groups is 1. The Morgan fingerprint density at radius 2 is 1.78 bits per heavy atom. The van der Waals surface area contributed by atoms with Crippen LogP contribution in [0.4, 0.5) is 0 Å². The predicted molar refractivity (Wildman–Crippen MR) is 100.0 cm³/mol. The molecule has 14 heteroatoms. The molecule has 2 atom stereocenters. The van der Waals surface area contributed by atoms with Crippen LogP contribution in [0.2, 0.25) is 5.02 Å². The lowest BCUT2D eigenvalue weighted by atomic mass is 10.0. The van der Waals surface area contributed by atoms with E-state index in [0.717, 1.165) is 18.2 Å². The summed E-state index contributed by atoms with van der Waals surface area (Å²) in [5.74, 6) is -5.30. The van der Waals surface area contributed by atoms with Gasteiger partial charge in [0, 0.05) is 6.04 Å². The first-order valence-corrected chi connectivity index (χ1v) is 11.8. The van der Waals surface area contributed by atoms with Crippen LogP contribution in [0.5, 0.6) is 0 Å². The van der Waals surface area contributed by atoms with Gasteiger partial charge in [0.25, 0.3) is 0 Å². The second kappa shape index (κ2) is 7.66. The summed E-state index contributed by atoms with van der Waals surface area (Å²) in [6.07, 6.45) is 0. The van der Waals surface area contributed by atoms with Gasteiger partial charge in [-0.25, -0.2) is 26.4 Å². The molecule has 1 aromatic carbocycles. The van der Waals surface area contributed by atoms with Gasteiger partial charge in [-0.3, -0.25) is 4.79 Å². The first kappa shape index (κ1) is 22.7. The molecule has 27 heavy (non-hydrogen) atoms. The summed E-state index contributed by atoms with van der Waals surface area (Å²) in [4.78, 5) is 22.7. The van der Waals surface area contributed by atoms with Gasteiger partial charge in [-0.2, -0.15) is 0 Å². The van der Waals surface area contributed by atoms with Gasteiger partial charge in [0.15, 0.2) is 15.6 Å². The number of rotatable bonds is 5. The van der Waals surface area contributed by atoms with E-state index in [0.29, 0.717) is 0 Å². The number of alkyl halides is 3. The zero-order chi connectivity index (χ0) is 20.8. The van der Waals surface area contributed by atoms with E-state index in [1.54, 1.807) is 0 Å². The van der Waals surface area contributed by atoms with Crippen LogP contribution in [0.15, 0.2) is 23.1 Å². The summed E-state index contributed by atoms with van der Waals surface area (Å²) in [6, 6.07) is 1.56. The Labute approximate surface area is 174 Å². The molecule has 1 aliphatic heterocycles. The molecule has 0 amide bonds. The van der Waals surface area contributed by atoms with Crippen molar-refractivity contribution >= 4 is 78.0 Å². The molecule has 0 saturated carbocycles. The molecule has 0 aromatic heterocycles. The van der Waals surface area contributed by atoms with Crippen molar-refractivity contribution in [3.05, 3.63) is 28.8 Å². The van der Waals surface area contributed by atoms with Gasteiger partial charge >= 0.3 is 5.97 Å². The van der Waals surface area contributed by atoms with Crippen molar-refractivity contribution in [3.63, 3.8) is 0 Å². The van der Waals surface area contributed by atoms with E-state index in [1.807, 2.05) is 0 Å². The van der Waals surface area contributed by atoms with Crippen molar-refractivity contribution in [2.75, 3.05) is 11.5 Å². The number of benzene rings is 1. The fourth-order valence-electron chi connectivity index (χ4n) is 2.54. The van der Waals surface area contributed by atoms with Crippen molar-refractivity contribution in [3.8, 4) is 0 Å². The minimum absolute atomic E-state index is 0.294. The summed E-state index contributed by atoms with van der Waals surface area (Å²) >= 11 is 22.4. The Kier molecular flexibility index (Phi) is 6.43. The Bertz CT molecular complexity index is 1000. The number of carbonyl (C=O) groups excluding carboxylic acids is 1. The molecule has 0 bridgehead atoms. The van der Waals surface area contributed by atoms with Gasteiger partial charge in [-0.15, -0.1) is 0 Å². The number of ketones is 1. The zero-order valence-electron chi connectivity index (χ0n) is 13.0. The molecule has 150 valence electrons. The second-order valence-corrected chi connectivity index (χ2v) is 12.2. The van der Waals surface area contributed by atoms with Gasteiger partial charge in [-0.05, 0) is 18.2 Å². The smallest absolute Gasteiger partial charge is 0.335 e. The average molecular weight is 499 g/mol. The number of Topliss-reactive ketones (excluding diaryl/α,β-unsaturated/α-hetero) is 1. The van der Waals surface area contributed by atoms with Crippen LogP contribution in [0.3, 0.4) is 0 Å². The SMILES string of the molecule is O=C(O)c1ccc(Cl)c(S(=O)(=O)N[C@H]2CS(=O)(=O)C[C@H]2C(=O)C(Cl)(Cl)Cl)c1. The molecule has 0 aliphatic carbocycles. The number of nitrogens with one attached hydrogen (secondary N) is 1. The number of halogens is 4. The van der Waals surface area contributed by atoms with Crippen LogP contribution in [-0.4, -0.2) is 55.0 Å². The highest BCUT2D eigenvalue weighted by molar-refractivity contribution is 7.92. The van der Waals surface area contributed by atoms with E-state index in [4.69, 9.17) is 51.5 Å². The number of carbonyl (C=O) groups is 2. The van der Waals surface area contributed by atoms with E-state index in [-0.39, 0.29) is 10.6 Å². The van der Waals surface area contributed by atoms with Crippen LogP contribution in [0.25, 0.3) is 0 Å². The number of hydrogen-bond acceptors (Lipinski definition) is 6. The minimum atomic E-state index is -4.48. The quantitative estimate of drug-likeness (QED) is 0.589. The Morgan fingerprint density at radius 3 is 2.30 bits per heavy atom. The Morgan fingerprint density at radius 1 is 1.19 bits per heavy atom. The highest BCUT2D eigenvalue weighted by atomic mass is 35.6. The maximum atomic E-state index is 12.6. The lowest BCUT2D eigenvalue weighted by Crippen LogP contribution is -2.45. The highest BCUT2D eigenvalue weighted by Gasteiger charge is 2.49. The summed E-state index contributed by atoms with van der Waals surface area (Å²) in [6.45, 7) is 0. The summed E-state index contributed by atoms with van der Waals surface area (Å²) < 4.78 is 48.6. The molecule has 1 saturated heterocycles. The molecule has 0 radical (unpaired) electrons. The minimum Gasteiger partial charge on any atom is -0.478 e. The van der Waals surface area contributed by atoms with Gasteiger partial charge in [0.05, 0.1) is 28.0 Å². The third-order valence-electron chi connectivity index (χ3n) is 3.74. The maximum Gasteiger partial charge on any atom is 0.335 e. The van der Waals surface area contributed by atoms with E-state index in [9.17, 15) is 26.4 Å². The van der Waals surface area contributed by atoms with Gasteiger partial charge in [-0.1, -0.05) is 46.4 Å². The predicted octanol–water partition coefficient (Wildman–Crippen LogP) is 1.67. The molecule has 0 spiro atoms. The van der Waals surface area contributed by atoms with E-state index in [2.05, 4.69) is 4.72 Å². The first-order valence-electron chi connectivity index (χ1n) is 7.01. The van der Waals surface area contributed by atoms with Crippen molar-refractivity contribution in [2.24, 2.45) is 5.92 Å². The summed E-state index contributed by atoms with van der Waals surface area (Å²) in [5, 5.41) is 8.70. The molecule has 1 fully saturated rings. The van der Waals surface area contributed by atoms with Gasteiger partial charge in [0.2, 0.25) is 13.8 Å². The monoisotopic (exact) mass is 497 g/mol. The Balaban J connectivity index is 2.42. The third kappa shape index (κ3) is 5.26. The molecule has 2 rings (SSSR count). The third-order valence-corrected chi connectivity index (χ3v) is 8.01. The number of carboxylic acids is 1. The normalized spacial score (nSPS) is 22.5. The average Bonchev–Trinajstić information content (AvgIpc) is 2.79. The van der Waals surface area contributed by atoms with E-state index >= 15 is 0 Å². The van der Waals surface area contributed by atoms with Crippen molar-refractivity contribution in [1.82, 2.24) is 4.72 Å². The molecular weight excluding hydrogens is 488 g/mol. The lowest BCUT2D eigenvalue weighted by molar-refractivity contribution is -0.121. The van der Waals surface area contributed by atoms with Gasteiger partial charge in [0.1, 0.15) is 4.90 Å². The van der Waals surface area contributed by atoms with Crippen LogP contribution < -0.4 is 4.72 Å². The lowest BCUT2D eigenvalue weighted by Gasteiger charge is -2.21. The number of sulfonamides is 1. The van der Waals surface area contributed by atoms with Crippen LogP contribution in [0, 0.1) is 5.92 Å². The molecule has 1 heterocycles. The highest BCUT2D eigenvalue weighted by Crippen LogP contribution is 2.35.